The summed E-state index contributed by atoms with van der Waals surface area (Å²) in [6.45, 7) is 0.745. The summed E-state index contributed by atoms with van der Waals surface area (Å²) in [6, 6.07) is 5.85. The minimum absolute atomic E-state index is 0.745. The molecule has 106 valence electrons. The first-order valence-electron chi connectivity index (χ1n) is 6.91. The Bertz CT molecular complexity index is 530. The summed E-state index contributed by atoms with van der Waals surface area (Å²) in [4.78, 5) is 4.48. The minimum Gasteiger partial charge on any atom is -0.497 e. The molecule has 20 heavy (non-hydrogen) atoms. The Kier molecular flexibility index (Phi) is 5.42. The number of allylic oxidation sites excluding steroid dienone is 4. The van der Waals surface area contributed by atoms with Crippen LogP contribution < -0.4 is 9.47 Å². The lowest BCUT2D eigenvalue weighted by molar-refractivity contribution is 0.399. The third-order valence-corrected chi connectivity index (χ3v) is 3.26. The maximum Gasteiger partial charge on any atom is 0.122 e. The van der Waals surface area contributed by atoms with Gasteiger partial charge in [0.15, 0.2) is 0 Å². The molecule has 3 heteroatoms. The summed E-state index contributed by atoms with van der Waals surface area (Å²) in [5.41, 5.74) is 2.33. The van der Waals surface area contributed by atoms with Crippen molar-refractivity contribution in [3.8, 4) is 11.5 Å². The predicted molar refractivity (Wildman–Crippen MR) is 83.1 cm³/mol. The molecule has 0 radical (unpaired) electrons. The van der Waals surface area contributed by atoms with Gasteiger partial charge in [-0.1, -0.05) is 18.2 Å². The summed E-state index contributed by atoms with van der Waals surface area (Å²) in [5, 5.41) is 0. The van der Waals surface area contributed by atoms with Crippen LogP contribution in [0.3, 0.4) is 0 Å². The van der Waals surface area contributed by atoms with Crippen LogP contribution >= 0.6 is 0 Å². The SMILES string of the molecule is COc1ccc(OC)c(CCN=CC2=CCCC=C2)c1. The summed E-state index contributed by atoms with van der Waals surface area (Å²) in [7, 11) is 3.36. The smallest absolute Gasteiger partial charge is 0.122 e. The van der Waals surface area contributed by atoms with Gasteiger partial charge in [-0.05, 0) is 48.6 Å². The highest BCUT2D eigenvalue weighted by Crippen LogP contribution is 2.24. The third kappa shape index (κ3) is 3.98. The minimum atomic E-state index is 0.745. The van der Waals surface area contributed by atoms with E-state index in [0.29, 0.717) is 0 Å². The van der Waals surface area contributed by atoms with E-state index in [1.54, 1.807) is 14.2 Å². The summed E-state index contributed by atoms with van der Waals surface area (Å²) in [5.74, 6) is 1.74. The standard InChI is InChI=1S/C17H21NO2/c1-19-16-8-9-17(20-2)15(12-16)10-11-18-13-14-6-4-3-5-7-14/h4,6-9,12-13H,3,5,10-11H2,1-2H3. The Balaban J connectivity index is 1.94. The number of benzene rings is 1. The Morgan fingerprint density at radius 1 is 1.20 bits per heavy atom. The first-order chi connectivity index (χ1) is 9.83. The van der Waals surface area contributed by atoms with Gasteiger partial charge in [-0.3, -0.25) is 4.99 Å². The van der Waals surface area contributed by atoms with Crippen molar-refractivity contribution < 1.29 is 9.47 Å². The van der Waals surface area contributed by atoms with Gasteiger partial charge in [-0.2, -0.15) is 0 Å². The largest absolute Gasteiger partial charge is 0.497 e. The van der Waals surface area contributed by atoms with E-state index in [1.165, 1.54) is 5.57 Å². The fourth-order valence-electron chi connectivity index (χ4n) is 2.16. The molecule has 3 nitrogen and oxygen atoms in total. The summed E-state index contributed by atoms with van der Waals surface area (Å²) >= 11 is 0. The number of hydrogen-bond acceptors (Lipinski definition) is 3. The molecule has 0 N–H and O–H groups in total. The quantitative estimate of drug-likeness (QED) is 0.740. The lowest BCUT2D eigenvalue weighted by Gasteiger charge is -2.09. The lowest BCUT2D eigenvalue weighted by Crippen LogP contribution is -1.97. The normalized spacial score (nSPS) is 14.4. The lowest BCUT2D eigenvalue weighted by atomic mass is 10.1. The number of hydrogen-bond donors (Lipinski definition) is 0. The van der Waals surface area contributed by atoms with Gasteiger partial charge in [0.25, 0.3) is 0 Å². The number of aliphatic imine (C=N–C) groups is 1. The zero-order valence-electron chi connectivity index (χ0n) is 12.1. The van der Waals surface area contributed by atoms with E-state index in [4.69, 9.17) is 9.47 Å². The molecule has 0 amide bonds. The van der Waals surface area contributed by atoms with Crippen LogP contribution in [-0.4, -0.2) is 27.0 Å². The van der Waals surface area contributed by atoms with Crippen molar-refractivity contribution >= 4 is 6.21 Å². The van der Waals surface area contributed by atoms with Crippen molar-refractivity contribution in [3.05, 3.63) is 47.6 Å². The summed E-state index contributed by atoms with van der Waals surface area (Å²) < 4.78 is 10.6. The van der Waals surface area contributed by atoms with Crippen LogP contribution in [0.1, 0.15) is 18.4 Å². The number of methoxy groups -OCH3 is 2. The first-order valence-corrected chi connectivity index (χ1v) is 6.91. The molecule has 1 aliphatic rings. The van der Waals surface area contributed by atoms with Gasteiger partial charge in [-0.25, -0.2) is 0 Å². The highest BCUT2D eigenvalue weighted by atomic mass is 16.5. The topological polar surface area (TPSA) is 30.8 Å². The predicted octanol–water partition coefficient (Wildman–Crippen LogP) is 3.59. The van der Waals surface area contributed by atoms with Crippen molar-refractivity contribution in [1.29, 1.82) is 0 Å². The molecule has 0 heterocycles. The molecule has 1 aromatic carbocycles. The molecule has 1 aromatic rings. The molecule has 0 aliphatic heterocycles. The maximum absolute atomic E-state index is 5.36. The second-order valence-corrected chi connectivity index (χ2v) is 4.65. The zero-order valence-corrected chi connectivity index (χ0v) is 12.1. The van der Waals surface area contributed by atoms with Crippen LogP contribution in [0.5, 0.6) is 11.5 Å². The Morgan fingerprint density at radius 3 is 2.80 bits per heavy atom. The van der Waals surface area contributed by atoms with Gasteiger partial charge < -0.3 is 9.47 Å². The number of ether oxygens (including phenoxy) is 2. The average Bonchev–Trinajstić information content (AvgIpc) is 2.52. The molecule has 0 saturated carbocycles. The van der Waals surface area contributed by atoms with Gasteiger partial charge in [0.05, 0.1) is 14.2 Å². The van der Waals surface area contributed by atoms with Crippen molar-refractivity contribution in [2.45, 2.75) is 19.3 Å². The number of rotatable bonds is 6. The van der Waals surface area contributed by atoms with Crippen LogP contribution in [0.25, 0.3) is 0 Å². The van der Waals surface area contributed by atoms with Crippen molar-refractivity contribution in [2.75, 3.05) is 20.8 Å². The fourth-order valence-corrected chi connectivity index (χ4v) is 2.16. The van der Waals surface area contributed by atoms with E-state index in [0.717, 1.165) is 42.9 Å². The van der Waals surface area contributed by atoms with Crippen LogP contribution in [-0.2, 0) is 6.42 Å². The van der Waals surface area contributed by atoms with Crippen molar-refractivity contribution in [3.63, 3.8) is 0 Å². The van der Waals surface area contributed by atoms with Crippen LogP contribution in [0.2, 0.25) is 0 Å². The summed E-state index contributed by atoms with van der Waals surface area (Å²) in [6.07, 6.45) is 11.6. The molecular weight excluding hydrogens is 250 g/mol. The van der Waals surface area contributed by atoms with Gasteiger partial charge in [0, 0.05) is 12.8 Å². The molecule has 0 atom stereocenters. The van der Waals surface area contributed by atoms with Gasteiger partial charge in [-0.15, -0.1) is 0 Å². The van der Waals surface area contributed by atoms with E-state index in [2.05, 4.69) is 23.2 Å². The molecule has 0 spiro atoms. The van der Waals surface area contributed by atoms with E-state index >= 15 is 0 Å². The Hall–Kier alpha value is -2.03. The van der Waals surface area contributed by atoms with Crippen LogP contribution in [0, 0.1) is 0 Å². The molecule has 0 unspecified atom stereocenters. The molecule has 0 saturated heterocycles. The van der Waals surface area contributed by atoms with Crippen LogP contribution in [0.15, 0.2) is 47.0 Å². The molecule has 0 bridgehead atoms. The van der Waals surface area contributed by atoms with Gasteiger partial charge in [0.2, 0.25) is 0 Å². The van der Waals surface area contributed by atoms with E-state index in [9.17, 15) is 0 Å². The fraction of sp³-hybridized carbons (Fsp3) is 0.353. The van der Waals surface area contributed by atoms with Crippen molar-refractivity contribution in [1.82, 2.24) is 0 Å². The molecular formula is C17H21NO2. The second-order valence-electron chi connectivity index (χ2n) is 4.65. The third-order valence-electron chi connectivity index (χ3n) is 3.26. The van der Waals surface area contributed by atoms with Crippen LogP contribution in [0.4, 0.5) is 0 Å². The molecule has 0 aromatic heterocycles. The van der Waals surface area contributed by atoms with E-state index in [-0.39, 0.29) is 0 Å². The molecule has 2 rings (SSSR count). The van der Waals surface area contributed by atoms with E-state index < -0.39 is 0 Å². The Morgan fingerprint density at radius 2 is 2.10 bits per heavy atom. The Labute approximate surface area is 120 Å². The van der Waals surface area contributed by atoms with Gasteiger partial charge in [0.1, 0.15) is 11.5 Å². The average molecular weight is 271 g/mol. The first kappa shape index (κ1) is 14.4. The zero-order chi connectivity index (χ0) is 14.2. The second kappa shape index (κ2) is 7.53. The number of nitrogens with zero attached hydrogens (tertiary/aromatic N) is 1. The highest BCUT2D eigenvalue weighted by molar-refractivity contribution is 5.82. The monoisotopic (exact) mass is 271 g/mol. The maximum atomic E-state index is 5.36. The molecule has 1 aliphatic carbocycles. The van der Waals surface area contributed by atoms with Gasteiger partial charge >= 0.3 is 0 Å². The molecule has 0 fully saturated rings. The van der Waals surface area contributed by atoms with Crippen molar-refractivity contribution in [2.24, 2.45) is 4.99 Å². The van der Waals surface area contributed by atoms with E-state index in [1.807, 2.05) is 24.4 Å². The highest BCUT2D eigenvalue weighted by Gasteiger charge is 2.04.